The number of aromatic nitrogens is 1. The Morgan fingerprint density at radius 2 is 2.10 bits per heavy atom. The van der Waals surface area contributed by atoms with Crippen LogP contribution in [0.3, 0.4) is 0 Å². The average molecular weight is 327 g/mol. The number of hydrogen-bond donors (Lipinski definition) is 0. The number of sulfonamides is 1. The van der Waals surface area contributed by atoms with Crippen LogP contribution >= 0.6 is 11.3 Å². The van der Waals surface area contributed by atoms with Gasteiger partial charge in [0.2, 0.25) is 10.0 Å². The van der Waals surface area contributed by atoms with Gasteiger partial charge in [-0.25, -0.2) is 17.7 Å². The van der Waals surface area contributed by atoms with E-state index in [-0.39, 0.29) is 16.6 Å². The molecule has 21 heavy (non-hydrogen) atoms. The second kappa shape index (κ2) is 4.50. The highest BCUT2D eigenvalue weighted by Gasteiger charge is 2.55. The molecule has 1 aromatic rings. The highest BCUT2D eigenvalue weighted by atomic mass is 32.2. The van der Waals surface area contributed by atoms with Crippen molar-refractivity contribution in [1.29, 1.82) is 0 Å². The monoisotopic (exact) mass is 327 g/mol. The average Bonchev–Trinajstić information content (AvgIpc) is 2.99. The molecule has 3 heterocycles. The van der Waals surface area contributed by atoms with Crippen LogP contribution in [0.1, 0.15) is 29.8 Å². The van der Waals surface area contributed by atoms with Gasteiger partial charge < -0.3 is 4.90 Å². The van der Waals surface area contributed by atoms with Crippen LogP contribution in [0, 0.1) is 5.41 Å². The number of carbonyl (C=O) groups is 1. The summed E-state index contributed by atoms with van der Waals surface area (Å²) in [7, 11) is -3.05. The fourth-order valence-corrected chi connectivity index (χ4v) is 5.89. The van der Waals surface area contributed by atoms with Crippen LogP contribution < -0.4 is 0 Å². The van der Waals surface area contributed by atoms with E-state index in [2.05, 4.69) is 4.98 Å². The molecule has 0 unspecified atom stereocenters. The van der Waals surface area contributed by atoms with E-state index in [4.69, 9.17) is 0 Å². The molecule has 4 rings (SSSR count). The van der Waals surface area contributed by atoms with E-state index in [0.717, 1.165) is 19.3 Å². The molecule has 3 fully saturated rings. The molecule has 0 atom stereocenters. The minimum absolute atomic E-state index is 0.0202. The van der Waals surface area contributed by atoms with Crippen molar-refractivity contribution in [3.05, 3.63) is 16.6 Å². The third kappa shape index (κ3) is 2.20. The van der Waals surface area contributed by atoms with Gasteiger partial charge in [0.1, 0.15) is 5.69 Å². The van der Waals surface area contributed by atoms with Crippen LogP contribution in [0.2, 0.25) is 0 Å². The lowest BCUT2D eigenvalue weighted by Crippen LogP contribution is -2.60. The Hall–Kier alpha value is -0.990. The van der Waals surface area contributed by atoms with E-state index >= 15 is 0 Å². The lowest BCUT2D eigenvalue weighted by atomic mass is 9.81. The molecular weight excluding hydrogens is 310 g/mol. The molecule has 114 valence electrons. The largest absolute Gasteiger partial charge is 0.337 e. The zero-order valence-corrected chi connectivity index (χ0v) is 13.2. The first kappa shape index (κ1) is 13.7. The third-order valence-corrected chi connectivity index (χ3v) is 7.58. The number of likely N-dealkylation sites (tertiary alicyclic amines) is 1. The van der Waals surface area contributed by atoms with Gasteiger partial charge in [0.15, 0.2) is 0 Å². The Labute approximate surface area is 127 Å². The summed E-state index contributed by atoms with van der Waals surface area (Å²) in [6.45, 7) is 2.51. The minimum Gasteiger partial charge on any atom is -0.337 e. The summed E-state index contributed by atoms with van der Waals surface area (Å²) in [5, 5.41) is 1.63. The SMILES string of the molecule is O=C(c1cscn1)N1CCC2(C1)CN(S(=O)(=O)C1CC1)C2. The maximum atomic E-state index is 12.3. The Bertz CT molecular complexity index is 661. The molecule has 2 saturated heterocycles. The summed E-state index contributed by atoms with van der Waals surface area (Å²) < 4.78 is 25.9. The van der Waals surface area contributed by atoms with Crippen molar-refractivity contribution in [2.75, 3.05) is 26.2 Å². The number of hydrogen-bond acceptors (Lipinski definition) is 5. The second-order valence-corrected chi connectivity index (χ2v) is 9.29. The van der Waals surface area contributed by atoms with Crippen LogP contribution in [0.15, 0.2) is 10.9 Å². The summed E-state index contributed by atoms with van der Waals surface area (Å²) in [4.78, 5) is 18.1. The molecule has 0 radical (unpaired) electrons. The van der Waals surface area contributed by atoms with Gasteiger partial charge in [0.25, 0.3) is 5.91 Å². The van der Waals surface area contributed by atoms with E-state index in [9.17, 15) is 13.2 Å². The van der Waals surface area contributed by atoms with Crippen molar-refractivity contribution in [2.45, 2.75) is 24.5 Å². The minimum atomic E-state index is -3.05. The molecule has 8 heteroatoms. The quantitative estimate of drug-likeness (QED) is 0.823. The molecule has 1 saturated carbocycles. The fraction of sp³-hybridized carbons (Fsp3) is 0.692. The highest BCUT2D eigenvalue weighted by molar-refractivity contribution is 7.90. The van der Waals surface area contributed by atoms with Crippen molar-refractivity contribution >= 4 is 27.3 Å². The maximum absolute atomic E-state index is 12.3. The molecule has 1 aliphatic carbocycles. The summed E-state index contributed by atoms with van der Waals surface area (Å²) >= 11 is 1.41. The van der Waals surface area contributed by atoms with Gasteiger partial charge in [0.05, 0.1) is 10.8 Å². The normalized spacial score (nSPS) is 25.2. The smallest absolute Gasteiger partial charge is 0.273 e. The molecule has 0 N–H and O–H groups in total. The van der Waals surface area contributed by atoms with Crippen molar-refractivity contribution < 1.29 is 13.2 Å². The van der Waals surface area contributed by atoms with Crippen LogP contribution in [0.5, 0.6) is 0 Å². The lowest BCUT2D eigenvalue weighted by molar-refractivity contribution is 0.0620. The van der Waals surface area contributed by atoms with Crippen molar-refractivity contribution in [3.8, 4) is 0 Å². The van der Waals surface area contributed by atoms with Gasteiger partial charge in [0, 0.05) is 37.0 Å². The van der Waals surface area contributed by atoms with Crippen molar-refractivity contribution in [1.82, 2.24) is 14.2 Å². The van der Waals surface area contributed by atoms with Crippen molar-refractivity contribution in [2.24, 2.45) is 5.41 Å². The topological polar surface area (TPSA) is 70.6 Å². The van der Waals surface area contributed by atoms with Gasteiger partial charge in [-0.15, -0.1) is 11.3 Å². The predicted molar refractivity (Wildman–Crippen MR) is 78.6 cm³/mol. The van der Waals surface area contributed by atoms with Crippen LogP contribution in [0.4, 0.5) is 0 Å². The first-order chi connectivity index (χ1) is 10.0. The number of nitrogens with zero attached hydrogens (tertiary/aromatic N) is 3. The molecule has 1 amide bonds. The first-order valence-corrected chi connectivity index (χ1v) is 9.61. The summed E-state index contributed by atoms with van der Waals surface area (Å²) in [5.74, 6) is -0.0309. The van der Waals surface area contributed by atoms with Crippen LogP contribution in [-0.2, 0) is 10.0 Å². The summed E-state index contributed by atoms with van der Waals surface area (Å²) in [6, 6.07) is 0. The summed E-state index contributed by atoms with van der Waals surface area (Å²) in [5.41, 5.74) is 2.14. The Morgan fingerprint density at radius 3 is 2.71 bits per heavy atom. The van der Waals surface area contributed by atoms with Crippen LogP contribution in [-0.4, -0.2) is 59.9 Å². The molecule has 0 bridgehead atoms. The lowest BCUT2D eigenvalue weighted by Gasteiger charge is -2.46. The van der Waals surface area contributed by atoms with E-state index in [1.54, 1.807) is 15.2 Å². The van der Waals surface area contributed by atoms with E-state index in [1.807, 2.05) is 4.90 Å². The van der Waals surface area contributed by atoms with E-state index in [0.29, 0.717) is 31.9 Å². The molecule has 3 aliphatic rings. The van der Waals surface area contributed by atoms with Gasteiger partial charge in [-0.1, -0.05) is 0 Å². The number of carbonyl (C=O) groups excluding carboxylic acids is 1. The summed E-state index contributed by atoms with van der Waals surface area (Å²) in [6.07, 6.45) is 2.50. The highest BCUT2D eigenvalue weighted by Crippen LogP contribution is 2.44. The Balaban J connectivity index is 1.40. The van der Waals surface area contributed by atoms with Crippen molar-refractivity contribution in [3.63, 3.8) is 0 Å². The van der Waals surface area contributed by atoms with E-state index in [1.165, 1.54) is 11.3 Å². The Morgan fingerprint density at radius 1 is 1.33 bits per heavy atom. The molecule has 6 nitrogen and oxygen atoms in total. The molecule has 0 aromatic carbocycles. The Kier molecular flexibility index (Phi) is 2.93. The molecule has 1 aromatic heterocycles. The zero-order valence-electron chi connectivity index (χ0n) is 11.6. The van der Waals surface area contributed by atoms with Gasteiger partial charge >= 0.3 is 0 Å². The predicted octanol–water partition coefficient (Wildman–Crippen LogP) is 0.783. The molecule has 2 aliphatic heterocycles. The molecular formula is C13H17N3O3S2. The first-order valence-electron chi connectivity index (χ1n) is 7.17. The third-order valence-electron chi connectivity index (χ3n) is 4.71. The van der Waals surface area contributed by atoms with Gasteiger partial charge in [-0.3, -0.25) is 4.79 Å². The van der Waals surface area contributed by atoms with Gasteiger partial charge in [-0.2, -0.15) is 0 Å². The van der Waals surface area contributed by atoms with Crippen LogP contribution in [0.25, 0.3) is 0 Å². The number of rotatable bonds is 3. The number of amides is 1. The standard InChI is InChI=1S/C13H17N3O3S2/c17-12(11-5-20-9-14-11)15-4-3-13(6-15)7-16(8-13)21(18,19)10-1-2-10/h5,9-10H,1-4,6-8H2. The zero-order chi connectivity index (χ0) is 14.7. The number of thiazole rings is 1. The van der Waals surface area contributed by atoms with Gasteiger partial charge in [-0.05, 0) is 19.3 Å². The molecule has 1 spiro atoms. The second-order valence-electron chi connectivity index (χ2n) is 6.36. The fourth-order valence-electron chi connectivity index (χ4n) is 3.31. The maximum Gasteiger partial charge on any atom is 0.273 e. The van der Waals surface area contributed by atoms with E-state index < -0.39 is 10.0 Å².